The van der Waals surface area contributed by atoms with E-state index in [1.165, 1.54) is 27.8 Å². The van der Waals surface area contributed by atoms with Crippen molar-refractivity contribution in [2.45, 2.75) is 59.3 Å². The quantitative estimate of drug-likeness (QED) is 0.608. The molecule has 0 saturated heterocycles. The van der Waals surface area contributed by atoms with Gasteiger partial charge < -0.3 is 0 Å². The van der Waals surface area contributed by atoms with E-state index >= 15 is 0 Å². The second-order valence-electron chi connectivity index (χ2n) is 6.74. The Kier molecular flexibility index (Phi) is 4.88. The molecule has 0 fully saturated rings. The van der Waals surface area contributed by atoms with Gasteiger partial charge in [-0.05, 0) is 46.6 Å². The molecule has 2 rings (SSSR count). The maximum absolute atomic E-state index is 2.35. The van der Waals surface area contributed by atoms with Gasteiger partial charge in [0.1, 0.15) is 0 Å². The summed E-state index contributed by atoms with van der Waals surface area (Å²) in [4.78, 5) is 0. The molecule has 0 nitrogen and oxygen atoms in total. The highest BCUT2D eigenvalue weighted by Gasteiger charge is 2.19. The van der Waals surface area contributed by atoms with Crippen molar-refractivity contribution in [1.82, 2.24) is 0 Å². The lowest BCUT2D eigenvalue weighted by Gasteiger charge is -2.24. The van der Waals surface area contributed by atoms with Gasteiger partial charge in [0.05, 0.1) is 0 Å². The Balaban J connectivity index is 2.56. The lowest BCUT2D eigenvalue weighted by atomic mass is 9.81. The largest absolute Gasteiger partial charge is 0.0620 e. The first kappa shape index (κ1) is 15.8. The number of hydrogen-bond donors (Lipinski definition) is 0. The fourth-order valence-electron chi connectivity index (χ4n) is 3.47. The van der Waals surface area contributed by atoms with Gasteiger partial charge in [0.15, 0.2) is 0 Å². The molecule has 0 aromatic heterocycles. The van der Waals surface area contributed by atoms with Gasteiger partial charge in [0.25, 0.3) is 0 Å². The average Bonchev–Trinajstić information content (AvgIpc) is 2.45. The molecule has 0 aliphatic carbocycles. The standard InChI is InChI=1S/C21H28/c1-14(2)18-11-7-8-12-19(18)17(6)20-13-9-10-16(5)21(20)15(3)4/h7-15,17H,1-6H3. The maximum Gasteiger partial charge on any atom is 0.00667 e. The summed E-state index contributed by atoms with van der Waals surface area (Å²) in [5, 5.41) is 0. The molecule has 0 amide bonds. The third-order valence-electron chi connectivity index (χ3n) is 4.49. The molecular formula is C21H28. The molecule has 112 valence electrons. The summed E-state index contributed by atoms with van der Waals surface area (Å²) in [6, 6.07) is 15.6. The predicted molar refractivity (Wildman–Crippen MR) is 93.3 cm³/mol. The lowest BCUT2D eigenvalue weighted by Crippen LogP contribution is -2.07. The highest BCUT2D eigenvalue weighted by molar-refractivity contribution is 5.45. The van der Waals surface area contributed by atoms with Crippen LogP contribution in [-0.2, 0) is 0 Å². The minimum atomic E-state index is 0.445. The monoisotopic (exact) mass is 280 g/mol. The summed E-state index contributed by atoms with van der Waals surface area (Å²) in [5.41, 5.74) is 7.36. The highest BCUT2D eigenvalue weighted by atomic mass is 14.2. The first-order valence-corrected chi connectivity index (χ1v) is 8.11. The zero-order valence-electron chi connectivity index (χ0n) is 14.3. The summed E-state index contributed by atoms with van der Waals surface area (Å²) < 4.78 is 0. The van der Waals surface area contributed by atoms with E-state index in [1.807, 2.05) is 0 Å². The Morgan fingerprint density at radius 3 is 1.76 bits per heavy atom. The predicted octanol–water partition coefficient (Wildman–Crippen LogP) is 6.39. The van der Waals surface area contributed by atoms with Crippen LogP contribution in [-0.4, -0.2) is 0 Å². The highest BCUT2D eigenvalue weighted by Crippen LogP contribution is 2.35. The summed E-state index contributed by atoms with van der Waals surface area (Å²) >= 11 is 0. The van der Waals surface area contributed by atoms with Crippen LogP contribution in [0.15, 0.2) is 42.5 Å². The van der Waals surface area contributed by atoms with Gasteiger partial charge in [0, 0.05) is 5.92 Å². The van der Waals surface area contributed by atoms with Crippen LogP contribution in [0.5, 0.6) is 0 Å². The molecule has 0 bridgehead atoms. The minimum Gasteiger partial charge on any atom is -0.0620 e. The number of rotatable bonds is 4. The number of aryl methyl sites for hydroxylation is 1. The van der Waals surface area contributed by atoms with Crippen molar-refractivity contribution in [2.24, 2.45) is 0 Å². The normalized spacial score (nSPS) is 13.0. The molecular weight excluding hydrogens is 252 g/mol. The van der Waals surface area contributed by atoms with Gasteiger partial charge in [-0.1, -0.05) is 77.1 Å². The van der Waals surface area contributed by atoms with Gasteiger partial charge in [-0.25, -0.2) is 0 Å². The van der Waals surface area contributed by atoms with Crippen molar-refractivity contribution in [1.29, 1.82) is 0 Å². The van der Waals surface area contributed by atoms with E-state index in [1.54, 1.807) is 0 Å². The van der Waals surface area contributed by atoms with Crippen molar-refractivity contribution in [3.8, 4) is 0 Å². The molecule has 1 atom stereocenters. The number of hydrogen-bond acceptors (Lipinski definition) is 0. The van der Waals surface area contributed by atoms with Crippen molar-refractivity contribution >= 4 is 0 Å². The van der Waals surface area contributed by atoms with Crippen molar-refractivity contribution in [2.75, 3.05) is 0 Å². The van der Waals surface area contributed by atoms with Crippen LogP contribution in [0.25, 0.3) is 0 Å². The molecule has 0 spiro atoms. The Morgan fingerprint density at radius 2 is 1.19 bits per heavy atom. The van der Waals surface area contributed by atoms with Crippen LogP contribution in [0.2, 0.25) is 0 Å². The smallest absolute Gasteiger partial charge is 0.00667 e. The second-order valence-corrected chi connectivity index (χ2v) is 6.74. The van der Waals surface area contributed by atoms with Gasteiger partial charge >= 0.3 is 0 Å². The third-order valence-corrected chi connectivity index (χ3v) is 4.49. The topological polar surface area (TPSA) is 0 Å². The van der Waals surface area contributed by atoms with E-state index in [2.05, 4.69) is 84.0 Å². The molecule has 0 heterocycles. The fraction of sp³-hybridized carbons (Fsp3) is 0.429. The van der Waals surface area contributed by atoms with Crippen LogP contribution in [0, 0.1) is 6.92 Å². The van der Waals surface area contributed by atoms with Crippen molar-refractivity contribution in [3.05, 3.63) is 70.3 Å². The second kappa shape index (κ2) is 6.47. The van der Waals surface area contributed by atoms with Crippen molar-refractivity contribution in [3.63, 3.8) is 0 Å². The van der Waals surface area contributed by atoms with Gasteiger partial charge in [-0.2, -0.15) is 0 Å². The maximum atomic E-state index is 2.35. The fourth-order valence-corrected chi connectivity index (χ4v) is 3.47. The lowest BCUT2D eigenvalue weighted by molar-refractivity contribution is 0.779. The summed E-state index contributed by atoms with van der Waals surface area (Å²) in [6.07, 6.45) is 0. The Morgan fingerprint density at radius 1 is 0.619 bits per heavy atom. The van der Waals surface area contributed by atoms with Crippen LogP contribution >= 0.6 is 0 Å². The summed E-state index contributed by atoms with van der Waals surface area (Å²) in [5.74, 6) is 1.58. The van der Waals surface area contributed by atoms with Crippen LogP contribution in [0.4, 0.5) is 0 Å². The molecule has 0 heteroatoms. The number of benzene rings is 2. The molecule has 0 aliphatic heterocycles. The Hall–Kier alpha value is -1.56. The van der Waals surface area contributed by atoms with E-state index < -0.39 is 0 Å². The van der Waals surface area contributed by atoms with Gasteiger partial charge in [-0.15, -0.1) is 0 Å². The van der Waals surface area contributed by atoms with Crippen LogP contribution in [0.1, 0.15) is 80.2 Å². The van der Waals surface area contributed by atoms with E-state index in [9.17, 15) is 0 Å². The molecule has 0 saturated carbocycles. The average molecular weight is 280 g/mol. The van der Waals surface area contributed by atoms with Gasteiger partial charge in [-0.3, -0.25) is 0 Å². The zero-order chi connectivity index (χ0) is 15.6. The molecule has 2 aromatic carbocycles. The van der Waals surface area contributed by atoms with Crippen LogP contribution in [0.3, 0.4) is 0 Å². The molecule has 2 aromatic rings. The van der Waals surface area contributed by atoms with E-state index in [4.69, 9.17) is 0 Å². The molecule has 0 aliphatic rings. The SMILES string of the molecule is Cc1cccc(C(C)c2ccccc2C(C)C)c1C(C)C. The van der Waals surface area contributed by atoms with E-state index in [-0.39, 0.29) is 0 Å². The summed E-state index contributed by atoms with van der Waals surface area (Å²) in [7, 11) is 0. The molecule has 21 heavy (non-hydrogen) atoms. The van der Waals surface area contributed by atoms with Crippen LogP contribution < -0.4 is 0 Å². The van der Waals surface area contributed by atoms with E-state index in [0.717, 1.165) is 0 Å². The van der Waals surface area contributed by atoms with E-state index in [0.29, 0.717) is 17.8 Å². The minimum absolute atomic E-state index is 0.445. The first-order chi connectivity index (χ1) is 9.93. The zero-order valence-corrected chi connectivity index (χ0v) is 14.3. The molecule has 0 N–H and O–H groups in total. The first-order valence-electron chi connectivity index (χ1n) is 8.11. The summed E-state index contributed by atoms with van der Waals surface area (Å²) in [6.45, 7) is 13.7. The Labute approximate surface area is 130 Å². The third kappa shape index (κ3) is 3.20. The van der Waals surface area contributed by atoms with Gasteiger partial charge in [0.2, 0.25) is 0 Å². The Bertz CT molecular complexity index is 605. The van der Waals surface area contributed by atoms with Crippen molar-refractivity contribution < 1.29 is 0 Å². The molecule has 1 unspecified atom stereocenters. The molecule has 0 radical (unpaired) electrons.